The Balaban J connectivity index is 1.64. The van der Waals surface area contributed by atoms with Gasteiger partial charge in [-0.05, 0) is 51.6 Å². The highest BCUT2D eigenvalue weighted by Crippen LogP contribution is 2.28. The molecule has 2 heterocycles. The first kappa shape index (κ1) is 14.3. The van der Waals surface area contributed by atoms with Crippen LogP contribution in [0.25, 0.3) is 0 Å². The van der Waals surface area contributed by atoms with Crippen LogP contribution in [0, 0.1) is 5.92 Å². The number of carbonyl (C=O) groups excluding carboxylic acids is 1. The molecule has 0 aromatic rings. The van der Waals surface area contributed by atoms with E-state index in [1.54, 1.807) is 0 Å². The molecule has 20 heavy (non-hydrogen) atoms. The van der Waals surface area contributed by atoms with E-state index in [1.165, 1.54) is 25.7 Å². The zero-order valence-corrected chi connectivity index (χ0v) is 12.5. The van der Waals surface area contributed by atoms with Gasteiger partial charge in [0.25, 0.3) is 0 Å². The number of hydrogen-bond donors (Lipinski definition) is 1. The second-order valence-corrected chi connectivity index (χ2v) is 6.59. The summed E-state index contributed by atoms with van der Waals surface area (Å²) in [7, 11) is 0. The number of piperidine rings is 1. The third kappa shape index (κ3) is 3.34. The van der Waals surface area contributed by atoms with Gasteiger partial charge in [-0.15, -0.1) is 0 Å². The molecule has 1 N–H and O–H groups in total. The quantitative estimate of drug-likeness (QED) is 0.855. The standard InChI is InChI=1S/C16H28N2O2/c19-16(13-7-9-17-10-8-13)18(14-4-1-2-5-14)12-15-6-3-11-20-15/h13-15,17H,1-12H2. The molecule has 0 radical (unpaired) electrons. The number of hydrogen-bond acceptors (Lipinski definition) is 3. The number of rotatable bonds is 4. The van der Waals surface area contributed by atoms with Gasteiger partial charge in [0.2, 0.25) is 5.91 Å². The average molecular weight is 280 g/mol. The van der Waals surface area contributed by atoms with E-state index in [2.05, 4.69) is 10.2 Å². The highest BCUT2D eigenvalue weighted by Gasteiger charge is 2.34. The Hall–Kier alpha value is -0.610. The summed E-state index contributed by atoms with van der Waals surface area (Å²) in [5.41, 5.74) is 0. The smallest absolute Gasteiger partial charge is 0.226 e. The van der Waals surface area contributed by atoms with Gasteiger partial charge in [-0.3, -0.25) is 4.79 Å². The highest BCUT2D eigenvalue weighted by atomic mass is 16.5. The van der Waals surface area contributed by atoms with Crippen molar-refractivity contribution in [3.8, 4) is 0 Å². The number of amides is 1. The van der Waals surface area contributed by atoms with Gasteiger partial charge >= 0.3 is 0 Å². The van der Waals surface area contributed by atoms with Gasteiger partial charge in [0, 0.05) is 25.1 Å². The maximum absolute atomic E-state index is 12.9. The van der Waals surface area contributed by atoms with Crippen molar-refractivity contribution in [1.29, 1.82) is 0 Å². The second kappa shape index (κ2) is 6.90. The van der Waals surface area contributed by atoms with Gasteiger partial charge < -0.3 is 15.0 Å². The lowest BCUT2D eigenvalue weighted by molar-refractivity contribution is -0.140. The zero-order valence-electron chi connectivity index (χ0n) is 12.5. The Morgan fingerprint density at radius 3 is 2.45 bits per heavy atom. The Bertz CT molecular complexity index is 316. The number of nitrogens with one attached hydrogen (secondary N) is 1. The maximum Gasteiger partial charge on any atom is 0.226 e. The monoisotopic (exact) mass is 280 g/mol. The SMILES string of the molecule is O=C(C1CCNCC1)N(CC1CCCO1)C1CCCC1. The van der Waals surface area contributed by atoms with Crippen molar-refractivity contribution < 1.29 is 9.53 Å². The first-order valence-electron chi connectivity index (χ1n) is 8.47. The van der Waals surface area contributed by atoms with Crippen LogP contribution >= 0.6 is 0 Å². The van der Waals surface area contributed by atoms with Crippen LogP contribution in [0.15, 0.2) is 0 Å². The lowest BCUT2D eigenvalue weighted by Gasteiger charge is -2.35. The number of nitrogens with zero attached hydrogens (tertiary/aromatic N) is 1. The molecule has 2 saturated heterocycles. The van der Waals surface area contributed by atoms with Gasteiger partial charge in [-0.25, -0.2) is 0 Å². The van der Waals surface area contributed by atoms with Crippen LogP contribution < -0.4 is 5.32 Å². The molecule has 3 rings (SSSR count). The average Bonchev–Trinajstić information content (AvgIpc) is 3.18. The minimum atomic E-state index is 0.248. The molecule has 0 bridgehead atoms. The van der Waals surface area contributed by atoms with Crippen LogP contribution in [0.4, 0.5) is 0 Å². The van der Waals surface area contributed by atoms with E-state index in [-0.39, 0.29) is 5.92 Å². The van der Waals surface area contributed by atoms with E-state index in [1.807, 2.05) is 0 Å². The molecule has 0 aromatic heterocycles. The molecule has 4 nitrogen and oxygen atoms in total. The van der Waals surface area contributed by atoms with E-state index in [4.69, 9.17) is 4.74 Å². The number of carbonyl (C=O) groups is 1. The molecule has 0 aromatic carbocycles. The third-order valence-corrected chi connectivity index (χ3v) is 5.16. The van der Waals surface area contributed by atoms with Crippen molar-refractivity contribution in [3.05, 3.63) is 0 Å². The van der Waals surface area contributed by atoms with Crippen molar-refractivity contribution >= 4 is 5.91 Å². The van der Waals surface area contributed by atoms with Gasteiger partial charge in [0.05, 0.1) is 6.10 Å². The van der Waals surface area contributed by atoms with Crippen LogP contribution in [0.2, 0.25) is 0 Å². The van der Waals surface area contributed by atoms with Crippen LogP contribution in [-0.2, 0) is 9.53 Å². The molecule has 3 aliphatic rings. The summed E-state index contributed by atoms with van der Waals surface area (Å²) in [6, 6.07) is 0.488. The van der Waals surface area contributed by atoms with E-state index < -0.39 is 0 Å². The summed E-state index contributed by atoms with van der Waals surface area (Å²) in [5, 5.41) is 3.36. The molecular weight excluding hydrogens is 252 g/mol. The molecule has 4 heteroatoms. The van der Waals surface area contributed by atoms with E-state index in [0.717, 1.165) is 51.9 Å². The van der Waals surface area contributed by atoms with Crippen LogP contribution in [0.3, 0.4) is 0 Å². The topological polar surface area (TPSA) is 41.6 Å². The van der Waals surface area contributed by atoms with Gasteiger partial charge in [-0.1, -0.05) is 12.8 Å². The summed E-state index contributed by atoms with van der Waals surface area (Å²) in [5.74, 6) is 0.659. The molecule has 1 amide bonds. The molecular formula is C16H28N2O2. The molecule has 0 spiro atoms. The summed E-state index contributed by atoms with van der Waals surface area (Å²) in [6.07, 6.45) is 9.56. The summed E-state index contributed by atoms with van der Waals surface area (Å²) < 4.78 is 5.77. The predicted molar refractivity (Wildman–Crippen MR) is 78.5 cm³/mol. The largest absolute Gasteiger partial charge is 0.376 e. The van der Waals surface area contributed by atoms with Gasteiger partial charge in [0.15, 0.2) is 0 Å². The van der Waals surface area contributed by atoms with Crippen molar-refractivity contribution in [1.82, 2.24) is 10.2 Å². The van der Waals surface area contributed by atoms with Crippen LogP contribution in [0.5, 0.6) is 0 Å². The Labute approximate surface area is 122 Å². The van der Waals surface area contributed by atoms with Crippen LogP contribution in [-0.4, -0.2) is 49.2 Å². The van der Waals surface area contributed by atoms with E-state index in [0.29, 0.717) is 18.1 Å². The first-order valence-corrected chi connectivity index (χ1v) is 8.47. The van der Waals surface area contributed by atoms with E-state index >= 15 is 0 Å². The molecule has 1 atom stereocenters. The summed E-state index contributed by atoms with van der Waals surface area (Å²) >= 11 is 0. The Morgan fingerprint density at radius 2 is 1.80 bits per heavy atom. The van der Waals surface area contributed by atoms with E-state index in [9.17, 15) is 4.79 Å². The molecule has 1 aliphatic carbocycles. The van der Waals surface area contributed by atoms with Crippen molar-refractivity contribution in [3.63, 3.8) is 0 Å². The van der Waals surface area contributed by atoms with Crippen molar-refractivity contribution in [2.75, 3.05) is 26.2 Å². The molecule has 2 aliphatic heterocycles. The minimum Gasteiger partial charge on any atom is -0.376 e. The summed E-state index contributed by atoms with van der Waals surface area (Å²) in [6.45, 7) is 3.71. The normalized spacial score (nSPS) is 28.9. The Kier molecular flexibility index (Phi) is 4.94. The zero-order chi connectivity index (χ0) is 13.8. The fourth-order valence-electron chi connectivity index (χ4n) is 3.95. The fourth-order valence-corrected chi connectivity index (χ4v) is 3.95. The van der Waals surface area contributed by atoms with Crippen LogP contribution in [0.1, 0.15) is 51.4 Å². The van der Waals surface area contributed by atoms with Gasteiger partial charge in [-0.2, -0.15) is 0 Å². The maximum atomic E-state index is 12.9. The molecule has 1 unspecified atom stereocenters. The lowest BCUT2D eigenvalue weighted by Crippen LogP contribution is -2.48. The molecule has 114 valence electrons. The summed E-state index contributed by atoms with van der Waals surface area (Å²) in [4.78, 5) is 15.1. The third-order valence-electron chi connectivity index (χ3n) is 5.16. The first-order chi connectivity index (χ1) is 9.84. The molecule has 3 fully saturated rings. The molecule has 1 saturated carbocycles. The predicted octanol–water partition coefficient (Wildman–Crippen LogP) is 1.94. The minimum absolute atomic E-state index is 0.248. The lowest BCUT2D eigenvalue weighted by atomic mass is 9.95. The highest BCUT2D eigenvalue weighted by molar-refractivity contribution is 5.79. The van der Waals surface area contributed by atoms with Crippen molar-refractivity contribution in [2.45, 2.75) is 63.5 Å². The second-order valence-electron chi connectivity index (χ2n) is 6.59. The fraction of sp³-hybridized carbons (Fsp3) is 0.938. The van der Waals surface area contributed by atoms with Crippen molar-refractivity contribution in [2.24, 2.45) is 5.92 Å². The Morgan fingerprint density at radius 1 is 1.05 bits per heavy atom. The number of ether oxygens (including phenoxy) is 1. The van der Waals surface area contributed by atoms with Gasteiger partial charge in [0.1, 0.15) is 0 Å².